The molecule has 1 atom stereocenters. The maximum absolute atomic E-state index is 12.3. The lowest BCUT2D eigenvalue weighted by Crippen LogP contribution is -2.44. The molecule has 2 aliphatic rings. The number of nitrogens with zero attached hydrogens (tertiary/aromatic N) is 1. The Hall–Kier alpha value is -1.77. The van der Waals surface area contributed by atoms with E-state index in [2.05, 4.69) is 35.2 Å². The largest absolute Gasteiger partial charge is 0.456 e. The number of carbonyl (C=O) groups excluding carboxylic acids is 1. The normalized spacial score (nSPS) is 26.3. The molecule has 2 heterocycles. The van der Waals surface area contributed by atoms with Crippen LogP contribution in [-0.4, -0.2) is 29.6 Å². The van der Waals surface area contributed by atoms with Crippen LogP contribution in [0.3, 0.4) is 0 Å². The third kappa shape index (κ3) is 3.03. The van der Waals surface area contributed by atoms with Gasteiger partial charge in [0.05, 0.1) is 12.0 Å². The van der Waals surface area contributed by atoms with Crippen LogP contribution >= 0.6 is 0 Å². The van der Waals surface area contributed by atoms with E-state index in [0.29, 0.717) is 0 Å². The van der Waals surface area contributed by atoms with Gasteiger partial charge in [-0.05, 0) is 45.3 Å². The quantitative estimate of drug-likeness (QED) is 0.777. The van der Waals surface area contributed by atoms with Crippen LogP contribution in [0.5, 0.6) is 0 Å². The molecular weight excluding hydrogens is 274 g/mol. The van der Waals surface area contributed by atoms with E-state index < -0.39 is 5.41 Å². The third-order valence-corrected chi connectivity index (χ3v) is 4.50. The van der Waals surface area contributed by atoms with Crippen molar-refractivity contribution in [3.63, 3.8) is 0 Å². The van der Waals surface area contributed by atoms with Gasteiger partial charge in [-0.15, -0.1) is 0 Å². The minimum absolute atomic E-state index is 0.0877. The Bertz CT molecular complexity index is 585. The Balaban J connectivity index is 1.81. The molecule has 3 rings (SSSR count). The van der Waals surface area contributed by atoms with Gasteiger partial charge in [0.25, 0.3) is 0 Å². The summed E-state index contributed by atoms with van der Waals surface area (Å²) in [6.07, 6.45) is 5.13. The fourth-order valence-electron chi connectivity index (χ4n) is 3.28. The number of ether oxygens (including phenoxy) is 1. The third-order valence-electron chi connectivity index (χ3n) is 4.50. The Morgan fingerprint density at radius 2 is 2.00 bits per heavy atom. The first-order valence-corrected chi connectivity index (χ1v) is 8.12. The summed E-state index contributed by atoms with van der Waals surface area (Å²) in [5, 5.41) is 0. The minimum Gasteiger partial charge on any atom is -0.456 e. The van der Waals surface area contributed by atoms with E-state index in [-0.39, 0.29) is 11.6 Å². The van der Waals surface area contributed by atoms with Crippen molar-refractivity contribution in [2.75, 3.05) is 13.1 Å². The maximum Gasteiger partial charge on any atom is 0.311 e. The number of hydrogen-bond acceptors (Lipinski definition) is 3. The molecule has 2 fully saturated rings. The number of fused-ring (bicyclic) bond motifs is 2. The maximum atomic E-state index is 12.3. The van der Waals surface area contributed by atoms with Crippen LogP contribution in [0.15, 0.2) is 36.0 Å². The lowest BCUT2D eigenvalue weighted by molar-refractivity contribution is -0.170. The average molecular weight is 299 g/mol. The molecule has 0 N–H and O–H groups in total. The van der Waals surface area contributed by atoms with Crippen molar-refractivity contribution in [2.45, 2.75) is 45.6 Å². The average Bonchev–Trinajstić information content (AvgIpc) is 2.69. The molecule has 1 unspecified atom stereocenters. The van der Waals surface area contributed by atoms with Crippen molar-refractivity contribution in [1.29, 1.82) is 0 Å². The van der Waals surface area contributed by atoms with Gasteiger partial charge in [-0.1, -0.05) is 30.3 Å². The summed E-state index contributed by atoms with van der Waals surface area (Å²) in [4.78, 5) is 14.7. The summed E-state index contributed by atoms with van der Waals surface area (Å²) in [6, 6.07) is 10.4. The van der Waals surface area contributed by atoms with E-state index in [9.17, 15) is 4.79 Å². The second kappa shape index (κ2) is 5.45. The van der Waals surface area contributed by atoms with Crippen LogP contribution in [0.25, 0.3) is 6.08 Å². The lowest BCUT2D eigenvalue weighted by Gasteiger charge is -2.35. The number of hydrogen-bond donors (Lipinski definition) is 0. The highest BCUT2D eigenvalue weighted by atomic mass is 16.6. The van der Waals surface area contributed by atoms with Crippen molar-refractivity contribution < 1.29 is 9.53 Å². The number of piperidine rings is 1. The van der Waals surface area contributed by atoms with Crippen molar-refractivity contribution in [2.24, 2.45) is 5.41 Å². The molecule has 0 aliphatic carbocycles. The molecule has 0 amide bonds. The molecule has 0 radical (unpaired) electrons. The van der Waals surface area contributed by atoms with Gasteiger partial charge in [-0.3, -0.25) is 4.79 Å². The van der Waals surface area contributed by atoms with E-state index in [0.717, 1.165) is 32.4 Å². The van der Waals surface area contributed by atoms with Crippen molar-refractivity contribution in [3.8, 4) is 0 Å². The standard InChI is InChI=1S/C19H25NO2/c1-18(2,3)17(21)22-19-10-7-11-20(14-19)16(13-19)12-15-8-5-4-6-9-15/h4-6,8-9,12H,7,10-11,13-14H2,1-3H3/b16-12+. The van der Waals surface area contributed by atoms with Gasteiger partial charge in [-0.25, -0.2) is 0 Å². The van der Waals surface area contributed by atoms with E-state index in [4.69, 9.17) is 4.74 Å². The molecular formula is C19H25NO2. The zero-order valence-corrected chi connectivity index (χ0v) is 13.8. The minimum atomic E-state index is -0.442. The molecule has 2 bridgehead atoms. The van der Waals surface area contributed by atoms with Crippen LogP contribution in [-0.2, 0) is 9.53 Å². The lowest BCUT2D eigenvalue weighted by atomic mass is 9.92. The Morgan fingerprint density at radius 1 is 1.27 bits per heavy atom. The van der Waals surface area contributed by atoms with Gasteiger partial charge >= 0.3 is 5.97 Å². The fraction of sp³-hybridized carbons (Fsp3) is 0.526. The van der Waals surface area contributed by atoms with Crippen LogP contribution in [0.2, 0.25) is 0 Å². The SMILES string of the molecule is CC(C)(C)C(=O)OC12CCCN(C1)/C(=C/c1ccccc1)C2. The van der Waals surface area contributed by atoms with Gasteiger partial charge in [0.1, 0.15) is 5.60 Å². The molecule has 0 aromatic heterocycles. The molecule has 2 aliphatic heterocycles. The summed E-state index contributed by atoms with van der Waals surface area (Å²) < 4.78 is 5.98. The number of rotatable bonds is 2. The Kier molecular flexibility index (Phi) is 3.75. The molecule has 3 heteroatoms. The molecule has 0 saturated carbocycles. The van der Waals surface area contributed by atoms with Gasteiger partial charge in [-0.2, -0.15) is 0 Å². The molecule has 2 saturated heterocycles. The summed E-state index contributed by atoms with van der Waals surface area (Å²) in [6.45, 7) is 7.66. The van der Waals surface area contributed by atoms with Crippen molar-refractivity contribution >= 4 is 12.0 Å². The monoisotopic (exact) mass is 299 g/mol. The van der Waals surface area contributed by atoms with E-state index in [1.807, 2.05) is 26.8 Å². The molecule has 1 aromatic carbocycles. The number of carbonyl (C=O) groups is 1. The van der Waals surface area contributed by atoms with E-state index in [1.54, 1.807) is 0 Å². The predicted octanol–water partition coefficient (Wildman–Crippen LogP) is 3.86. The highest BCUT2D eigenvalue weighted by Crippen LogP contribution is 2.42. The van der Waals surface area contributed by atoms with Gasteiger partial charge in [0.15, 0.2) is 0 Å². The second-order valence-corrected chi connectivity index (χ2v) is 7.57. The van der Waals surface area contributed by atoms with Crippen LogP contribution < -0.4 is 0 Å². The van der Waals surface area contributed by atoms with Crippen molar-refractivity contribution in [1.82, 2.24) is 4.90 Å². The first kappa shape index (κ1) is 15.1. The van der Waals surface area contributed by atoms with Crippen LogP contribution in [0, 0.1) is 5.41 Å². The molecule has 0 spiro atoms. The highest BCUT2D eigenvalue weighted by molar-refractivity contribution is 5.76. The summed E-state index contributed by atoms with van der Waals surface area (Å²) in [5.41, 5.74) is 1.75. The first-order valence-electron chi connectivity index (χ1n) is 8.12. The number of benzene rings is 1. The van der Waals surface area contributed by atoms with Crippen LogP contribution in [0.4, 0.5) is 0 Å². The summed E-state index contributed by atoms with van der Waals surface area (Å²) >= 11 is 0. The first-order chi connectivity index (χ1) is 10.4. The topological polar surface area (TPSA) is 29.5 Å². The Labute approximate surface area is 133 Å². The fourth-order valence-corrected chi connectivity index (χ4v) is 3.28. The molecule has 22 heavy (non-hydrogen) atoms. The van der Waals surface area contributed by atoms with Crippen molar-refractivity contribution in [3.05, 3.63) is 41.6 Å². The van der Waals surface area contributed by atoms with Crippen LogP contribution in [0.1, 0.15) is 45.6 Å². The highest BCUT2D eigenvalue weighted by Gasteiger charge is 2.47. The van der Waals surface area contributed by atoms with Gasteiger partial charge < -0.3 is 9.64 Å². The zero-order valence-electron chi connectivity index (χ0n) is 13.8. The summed E-state index contributed by atoms with van der Waals surface area (Å²) in [7, 11) is 0. The number of esters is 1. The van der Waals surface area contributed by atoms with E-state index >= 15 is 0 Å². The van der Waals surface area contributed by atoms with Gasteiger partial charge in [0.2, 0.25) is 0 Å². The van der Waals surface area contributed by atoms with E-state index in [1.165, 1.54) is 11.3 Å². The summed E-state index contributed by atoms with van der Waals surface area (Å²) in [5.74, 6) is -0.0877. The molecule has 118 valence electrons. The Morgan fingerprint density at radius 3 is 2.68 bits per heavy atom. The predicted molar refractivity (Wildman–Crippen MR) is 88.1 cm³/mol. The molecule has 3 nitrogen and oxygen atoms in total. The van der Waals surface area contributed by atoms with Gasteiger partial charge in [0, 0.05) is 18.7 Å². The molecule has 1 aromatic rings. The smallest absolute Gasteiger partial charge is 0.311 e. The second-order valence-electron chi connectivity index (χ2n) is 7.57. The zero-order chi connectivity index (χ0) is 15.8.